The monoisotopic (exact) mass is 291 g/mol. The second kappa shape index (κ2) is 7.51. The number of halogens is 1. The van der Waals surface area contributed by atoms with E-state index < -0.39 is 0 Å². The molecule has 0 saturated heterocycles. The molecule has 2 rings (SSSR count). The van der Waals surface area contributed by atoms with Gasteiger partial charge in [0.2, 0.25) is 0 Å². The Bertz CT molecular complexity index is 548. The molecule has 0 bridgehead atoms. The van der Waals surface area contributed by atoms with Gasteiger partial charge in [0.25, 0.3) is 0 Å². The van der Waals surface area contributed by atoms with Gasteiger partial charge in [-0.1, -0.05) is 43.5 Å². The summed E-state index contributed by atoms with van der Waals surface area (Å²) < 4.78 is 5.85. The molecule has 0 radical (unpaired) electrons. The number of hydrogen-bond donors (Lipinski definition) is 1. The van der Waals surface area contributed by atoms with Crippen LogP contribution < -0.4 is 5.32 Å². The molecular weight excluding hydrogens is 270 g/mol. The lowest BCUT2D eigenvalue weighted by molar-refractivity contribution is 0.488. The van der Waals surface area contributed by atoms with E-state index in [1.807, 2.05) is 37.3 Å². The third kappa shape index (κ3) is 4.12. The van der Waals surface area contributed by atoms with Gasteiger partial charge in [-0.3, -0.25) is 0 Å². The Labute approximate surface area is 126 Å². The molecule has 2 nitrogen and oxygen atoms in total. The van der Waals surface area contributed by atoms with Gasteiger partial charge in [-0.05, 0) is 43.7 Å². The highest BCUT2D eigenvalue weighted by molar-refractivity contribution is 6.31. The fourth-order valence-corrected chi connectivity index (χ4v) is 2.27. The zero-order chi connectivity index (χ0) is 14.4. The van der Waals surface area contributed by atoms with Crippen LogP contribution in [0.5, 0.6) is 0 Å². The maximum absolute atomic E-state index is 6.15. The van der Waals surface area contributed by atoms with E-state index in [1.165, 1.54) is 19.3 Å². The molecule has 0 aliphatic rings. The molecule has 1 heterocycles. The minimum Gasteiger partial charge on any atom is -0.460 e. The molecule has 0 atom stereocenters. The van der Waals surface area contributed by atoms with Crippen LogP contribution in [-0.4, -0.2) is 6.54 Å². The van der Waals surface area contributed by atoms with Crippen LogP contribution in [-0.2, 0) is 6.54 Å². The highest BCUT2D eigenvalue weighted by Crippen LogP contribution is 2.26. The molecule has 1 aromatic heterocycles. The number of furan rings is 1. The van der Waals surface area contributed by atoms with Gasteiger partial charge in [0.15, 0.2) is 0 Å². The molecule has 2 aromatic rings. The van der Waals surface area contributed by atoms with Crippen molar-refractivity contribution >= 4 is 11.6 Å². The van der Waals surface area contributed by atoms with Gasteiger partial charge < -0.3 is 9.73 Å². The van der Waals surface area contributed by atoms with Gasteiger partial charge in [0, 0.05) is 10.6 Å². The Balaban J connectivity index is 1.93. The lowest BCUT2D eigenvalue weighted by atomic mass is 10.1. The van der Waals surface area contributed by atoms with Crippen LogP contribution in [0.4, 0.5) is 0 Å². The van der Waals surface area contributed by atoms with Crippen LogP contribution in [0, 0.1) is 6.92 Å². The topological polar surface area (TPSA) is 25.2 Å². The highest BCUT2D eigenvalue weighted by Gasteiger charge is 2.06. The zero-order valence-electron chi connectivity index (χ0n) is 12.2. The maximum atomic E-state index is 6.15. The second-order valence-electron chi connectivity index (χ2n) is 5.11. The fraction of sp³-hybridized carbons (Fsp3) is 0.412. The molecule has 0 unspecified atom stereocenters. The van der Waals surface area contributed by atoms with Crippen LogP contribution >= 0.6 is 11.6 Å². The van der Waals surface area contributed by atoms with Crippen LogP contribution in [0.25, 0.3) is 11.3 Å². The number of nitrogens with one attached hydrogen (secondary N) is 1. The van der Waals surface area contributed by atoms with Crippen molar-refractivity contribution < 1.29 is 4.42 Å². The average Bonchev–Trinajstić information content (AvgIpc) is 2.90. The fourth-order valence-electron chi connectivity index (χ4n) is 2.09. The van der Waals surface area contributed by atoms with Gasteiger partial charge in [-0.15, -0.1) is 0 Å². The minimum absolute atomic E-state index is 0.776. The Morgan fingerprint density at radius 3 is 2.75 bits per heavy atom. The summed E-state index contributed by atoms with van der Waals surface area (Å²) in [6, 6.07) is 10.0. The first-order valence-corrected chi connectivity index (χ1v) is 7.64. The molecule has 1 aromatic carbocycles. The van der Waals surface area contributed by atoms with Crippen molar-refractivity contribution in [1.29, 1.82) is 0 Å². The second-order valence-corrected chi connectivity index (χ2v) is 5.52. The molecule has 1 N–H and O–H groups in total. The van der Waals surface area contributed by atoms with Crippen molar-refractivity contribution in [3.05, 3.63) is 46.7 Å². The molecule has 20 heavy (non-hydrogen) atoms. The predicted octanol–water partition coefficient (Wildman–Crippen LogP) is 5.19. The first-order valence-electron chi connectivity index (χ1n) is 7.26. The molecule has 0 amide bonds. The normalized spacial score (nSPS) is 10.9. The van der Waals surface area contributed by atoms with Gasteiger partial charge in [-0.25, -0.2) is 0 Å². The largest absolute Gasteiger partial charge is 0.460 e. The van der Waals surface area contributed by atoms with Crippen molar-refractivity contribution in [3.63, 3.8) is 0 Å². The Morgan fingerprint density at radius 1 is 1.15 bits per heavy atom. The first kappa shape index (κ1) is 15.1. The standard InChI is InChI=1S/C17H22ClNO/c1-3-4-5-10-19-12-15-8-9-17(20-15)14-7-6-13(2)16(18)11-14/h6-9,11,19H,3-5,10,12H2,1-2H3. The van der Waals surface area contributed by atoms with Crippen molar-refractivity contribution in [3.8, 4) is 11.3 Å². The van der Waals surface area contributed by atoms with Crippen molar-refractivity contribution in [2.24, 2.45) is 0 Å². The predicted molar refractivity (Wildman–Crippen MR) is 85.1 cm³/mol. The molecular formula is C17H22ClNO. The van der Waals surface area contributed by atoms with Crippen molar-refractivity contribution in [1.82, 2.24) is 5.32 Å². The van der Waals surface area contributed by atoms with E-state index >= 15 is 0 Å². The quantitative estimate of drug-likeness (QED) is 0.710. The van der Waals surface area contributed by atoms with Crippen LogP contribution in [0.3, 0.4) is 0 Å². The van der Waals surface area contributed by atoms with E-state index in [2.05, 4.69) is 12.2 Å². The number of rotatable bonds is 7. The molecule has 0 spiro atoms. The lowest BCUT2D eigenvalue weighted by Crippen LogP contribution is -2.13. The number of hydrogen-bond acceptors (Lipinski definition) is 2. The van der Waals surface area contributed by atoms with Crippen molar-refractivity contribution in [2.45, 2.75) is 39.7 Å². The van der Waals surface area contributed by atoms with E-state index in [4.69, 9.17) is 16.0 Å². The maximum Gasteiger partial charge on any atom is 0.134 e. The van der Waals surface area contributed by atoms with E-state index in [1.54, 1.807) is 0 Å². The summed E-state index contributed by atoms with van der Waals surface area (Å²) in [5.74, 6) is 1.84. The van der Waals surface area contributed by atoms with E-state index in [-0.39, 0.29) is 0 Å². The summed E-state index contributed by atoms with van der Waals surface area (Å²) in [5.41, 5.74) is 2.11. The summed E-state index contributed by atoms with van der Waals surface area (Å²) in [7, 11) is 0. The zero-order valence-corrected chi connectivity index (χ0v) is 13.0. The van der Waals surface area contributed by atoms with Crippen molar-refractivity contribution in [2.75, 3.05) is 6.54 Å². The van der Waals surface area contributed by atoms with E-state index in [0.717, 1.165) is 40.8 Å². The van der Waals surface area contributed by atoms with Crippen LogP contribution in [0.15, 0.2) is 34.7 Å². The molecule has 0 fully saturated rings. The summed E-state index contributed by atoms with van der Waals surface area (Å²) in [5, 5.41) is 4.18. The van der Waals surface area contributed by atoms with E-state index in [9.17, 15) is 0 Å². The number of benzene rings is 1. The third-order valence-electron chi connectivity index (χ3n) is 3.37. The van der Waals surface area contributed by atoms with Gasteiger partial charge in [0.05, 0.1) is 6.54 Å². The number of aryl methyl sites for hydroxylation is 1. The minimum atomic E-state index is 0.776. The Hall–Kier alpha value is -1.25. The average molecular weight is 292 g/mol. The van der Waals surface area contributed by atoms with Gasteiger partial charge >= 0.3 is 0 Å². The molecule has 0 aliphatic heterocycles. The first-order chi connectivity index (χ1) is 9.70. The van der Waals surface area contributed by atoms with Crippen LogP contribution in [0.1, 0.15) is 37.5 Å². The lowest BCUT2D eigenvalue weighted by Gasteiger charge is -2.03. The van der Waals surface area contributed by atoms with E-state index in [0.29, 0.717) is 0 Å². The summed E-state index contributed by atoms with van der Waals surface area (Å²) >= 11 is 6.15. The van der Waals surface area contributed by atoms with Gasteiger partial charge in [0.1, 0.15) is 11.5 Å². The molecule has 108 valence electrons. The molecule has 0 saturated carbocycles. The van der Waals surface area contributed by atoms with Crippen LogP contribution in [0.2, 0.25) is 5.02 Å². The van der Waals surface area contributed by atoms with Gasteiger partial charge in [-0.2, -0.15) is 0 Å². The summed E-state index contributed by atoms with van der Waals surface area (Å²) in [4.78, 5) is 0. The number of unbranched alkanes of at least 4 members (excludes halogenated alkanes) is 2. The smallest absolute Gasteiger partial charge is 0.134 e. The molecule has 0 aliphatic carbocycles. The highest BCUT2D eigenvalue weighted by atomic mass is 35.5. The third-order valence-corrected chi connectivity index (χ3v) is 3.78. The SMILES string of the molecule is CCCCCNCc1ccc(-c2ccc(C)c(Cl)c2)o1. The Morgan fingerprint density at radius 2 is 2.00 bits per heavy atom. The molecule has 3 heteroatoms. The summed E-state index contributed by atoms with van der Waals surface area (Å²) in [6.45, 7) is 6.04. The Kier molecular flexibility index (Phi) is 5.69. The summed E-state index contributed by atoms with van der Waals surface area (Å²) in [6.07, 6.45) is 3.75.